The second kappa shape index (κ2) is 7.35. The van der Waals surface area contributed by atoms with Gasteiger partial charge in [0.05, 0.1) is 5.37 Å². The van der Waals surface area contributed by atoms with E-state index in [1.165, 1.54) is 6.08 Å². The molecule has 1 aromatic heterocycles. The molecular weight excluding hydrogens is 240 g/mol. The van der Waals surface area contributed by atoms with E-state index in [-0.39, 0.29) is 11.3 Å². The van der Waals surface area contributed by atoms with Gasteiger partial charge in [-0.15, -0.1) is 0 Å². The number of aromatic nitrogens is 1. The molecule has 1 unspecified atom stereocenters. The summed E-state index contributed by atoms with van der Waals surface area (Å²) in [6, 6.07) is 5.77. The monoisotopic (exact) mass is 254 g/mol. The molecule has 3 nitrogen and oxygen atoms in total. The number of hydrogen-bond acceptors (Lipinski definition) is 4. The van der Waals surface area contributed by atoms with Gasteiger partial charge in [-0.1, -0.05) is 30.4 Å². The molecule has 5 heteroatoms. The van der Waals surface area contributed by atoms with Crippen LogP contribution >= 0.6 is 21.6 Å². The first-order valence-electron chi connectivity index (χ1n) is 4.93. The fourth-order valence-electron chi connectivity index (χ4n) is 0.916. The molecule has 1 heterocycles. The Morgan fingerprint density at radius 3 is 3.06 bits per heavy atom. The third-order valence-corrected chi connectivity index (χ3v) is 4.44. The molecule has 0 aliphatic heterocycles. The first-order valence-corrected chi connectivity index (χ1v) is 7.15. The van der Waals surface area contributed by atoms with Gasteiger partial charge in [0.25, 0.3) is 0 Å². The summed E-state index contributed by atoms with van der Waals surface area (Å²) >= 11 is 0. The van der Waals surface area contributed by atoms with Gasteiger partial charge in [-0.2, -0.15) is 0 Å². The minimum Gasteiger partial charge on any atom is -0.340 e. The van der Waals surface area contributed by atoms with Crippen LogP contribution in [0.2, 0.25) is 0 Å². The van der Waals surface area contributed by atoms with E-state index in [0.29, 0.717) is 0 Å². The molecule has 0 radical (unpaired) electrons. The Morgan fingerprint density at radius 1 is 1.69 bits per heavy atom. The summed E-state index contributed by atoms with van der Waals surface area (Å²) in [5, 5.41) is 3.87. The zero-order valence-corrected chi connectivity index (χ0v) is 10.7. The van der Waals surface area contributed by atoms with Gasteiger partial charge in [-0.05, 0) is 35.4 Å². The summed E-state index contributed by atoms with van der Waals surface area (Å²) in [6.07, 6.45) is 3.91. The summed E-state index contributed by atoms with van der Waals surface area (Å²) in [5.74, 6) is -0.138. The van der Waals surface area contributed by atoms with Gasteiger partial charge in [0.15, 0.2) is 0 Å². The first kappa shape index (κ1) is 13.1. The quantitative estimate of drug-likeness (QED) is 0.481. The number of carbonyl (C=O) groups is 1. The van der Waals surface area contributed by atoms with Crippen molar-refractivity contribution >= 4 is 27.5 Å². The van der Waals surface area contributed by atoms with Gasteiger partial charge >= 0.3 is 0 Å². The predicted octanol–water partition coefficient (Wildman–Crippen LogP) is 2.86. The summed E-state index contributed by atoms with van der Waals surface area (Å²) < 4.78 is 0. The highest BCUT2D eigenvalue weighted by Crippen LogP contribution is 2.33. The second-order valence-electron chi connectivity index (χ2n) is 2.96. The van der Waals surface area contributed by atoms with Crippen LogP contribution in [0.15, 0.2) is 42.1 Å². The highest BCUT2D eigenvalue weighted by molar-refractivity contribution is 8.76. The van der Waals surface area contributed by atoms with Gasteiger partial charge in [0.1, 0.15) is 5.03 Å². The highest BCUT2D eigenvalue weighted by Gasteiger charge is 2.09. The van der Waals surface area contributed by atoms with Crippen molar-refractivity contribution in [2.45, 2.75) is 23.7 Å². The average Bonchev–Trinajstić information content (AvgIpc) is 2.35. The summed E-state index contributed by atoms with van der Waals surface area (Å²) in [6.45, 7) is 5.45. The Morgan fingerprint density at radius 2 is 2.50 bits per heavy atom. The fourth-order valence-corrected chi connectivity index (χ4v) is 3.16. The number of nitrogens with zero attached hydrogens (tertiary/aromatic N) is 1. The summed E-state index contributed by atoms with van der Waals surface area (Å²) in [5.41, 5.74) is 0. The van der Waals surface area contributed by atoms with Gasteiger partial charge in [-0.25, -0.2) is 4.98 Å². The molecule has 1 N–H and O–H groups in total. The van der Waals surface area contributed by atoms with Gasteiger partial charge in [0, 0.05) is 6.20 Å². The molecule has 1 atom stereocenters. The lowest BCUT2D eigenvalue weighted by Crippen LogP contribution is -2.29. The largest absolute Gasteiger partial charge is 0.340 e. The molecule has 0 bridgehead atoms. The Kier molecular flexibility index (Phi) is 6.03. The van der Waals surface area contributed by atoms with Crippen LogP contribution in [-0.4, -0.2) is 16.3 Å². The molecule has 16 heavy (non-hydrogen) atoms. The van der Waals surface area contributed by atoms with Crippen LogP contribution in [0.3, 0.4) is 0 Å². The number of pyridine rings is 1. The lowest BCUT2D eigenvalue weighted by atomic mass is 10.4. The van der Waals surface area contributed by atoms with E-state index >= 15 is 0 Å². The van der Waals surface area contributed by atoms with Crippen molar-refractivity contribution in [3.8, 4) is 0 Å². The van der Waals surface area contributed by atoms with Gasteiger partial charge in [-0.3, -0.25) is 4.79 Å². The summed E-state index contributed by atoms with van der Waals surface area (Å²) in [7, 11) is 3.15. The fraction of sp³-hybridized carbons (Fsp3) is 0.273. The lowest BCUT2D eigenvalue weighted by molar-refractivity contribution is -0.116. The predicted molar refractivity (Wildman–Crippen MR) is 70.1 cm³/mol. The maximum atomic E-state index is 11.1. The molecule has 0 spiro atoms. The van der Waals surface area contributed by atoms with Crippen molar-refractivity contribution in [1.29, 1.82) is 0 Å². The molecule has 0 aliphatic rings. The van der Waals surface area contributed by atoms with Crippen LogP contribution in [0.4, 0.5) is 0 Å². The summed E-state index contributed by atoms with van der Waals surface area (Å²) in [4.78, 5) is 15.3. The Hall–Kier alpha value is -0.940. The van der Waals surface area contributed by atoms with E-state index in [0.717, 1.165) is 11.4 Å². The Balaban J connectivity index is 2.40. The second-order valence-corrected chi connectivity index (χ2v) is 5.38. The van der Waals surface area contributed by atoms with E-state index in [1.807, 2.05) is 25.1 Å². The van der Waals surface area contributed by atoms with Crippen molar-refractivity contribution < 1.29 is 4.79 Å². The molecule has 0 aliphatic carbocycles. The SMILES string of the molecule is C=CC(=O)NC(CC)SSc1ccccn1. The van der Waals surface area contributed by atoms with E-state index in [2.05, 4.69) is 16.9 Å². The van der Waals surface area contributed by atoms with Crippen LogP contribution in [-0.2, 0) is 4.79 Å². The number of hydrogen-bond donors (Lipinski definition) is 1. The van der Waals surface area contributed by atoms with E-state index in [9.17, 15) is 4.79 Å². The zero-order chi connectivity index (χ0) is 11.8. The third kappa shape index (κ3) is 4.72. The van der Waals surface area contributed by atoms with Crippen LogP contribution in [0.25, 0.3) is 0 Å². The number of nitrogens with one attached hydrogen (secondary N) is 1. The Bertz CT molecular complexity index is 343. The smallest absolute Gasteiger partial charge is 0.244 e. The zero-order valence-electron chi connectivity index (χ0n) is 9.05. The molecule has 0 saturated carbocycles. The number of carbonyl (C=O) groups excluding carboxylic acids is 1. The van der Waals surface area contributed by atoms with Crippen molar-refractivity contribution in [2.75, 3.05) is 0 Å². The van der Waals surface area contributed by atoms with E-state index < -0.39 is 0 Å². The lowest BCUT2D eigenvalue weighted by Gasteiger charge is -2.13. The molecule has 1 rings (SSSR count). The van der Waals surface area contributed by atoms with Crippen LogP contribution in [0, 0.1) is 0 Å². The minimum absolute atomic E-state index is 0.0810. The number of amides is 1. The van der Waals surface area contributed by atoms with Crippen molar-refractivity contribution in [3.63, 3.8) is 0 Å². The normalized spacial score (nSPS) is 11.8. The molecule has 0 aromatic carbocycles. The topological polar surface area (TPSA) is 42.0 Å². The number of rotatable bonds is 6. The average molecular weight is 254 g/mol. The van der Waals surface area contributed by atoms with E-state index in [1.54, 1.807) is 27.8 Å². The van der Waals surface area contributed by atoms with Crippen molar-refractivity contribution in [1.82, 2.24) is 10.3 Å². The minimum atomic E-state index is -0.138. The van der Waals surface area contributed by atoms with Crippen molar-refractivity contribution in [2.24, 2.45) is 0 Å². The molecule has 1 aromatic rings. The standard InChI is InChI=1S/C11H14N2OS2/c1-3-9(14)13-10(4-2)15-16-11-7-5-6-8-12-11/h3,5-8,10H,1,4H2,2H3,(H,13,14). The maximum absolute atomic E-state index is 11.1. The highest BCUT2D eigenvalue weighted by atomic mass is 33.1. The molecule has 1 amide bonds. The Labute approximate surface area is 104 Å². The molecule has 86 valence electrons. The van der Waals surface area contributed by atoms with Crippen LogP contribution < -0.4 is 5.32 Å². The van der Waals surface area contributed by atoms with Gasteiger partial charge < -0.3 is 5.32 Å². The molecule has 0 saturated heterocycles. The molecular formula is C11H14N2OS2. The van der Waals surface area contributed by atoms with Gasteiger partial charge in [0.2, 0.25) is 5.91 Å². The van der Waals surface area contributed by atoms with Crippen LogP contribution in [0.1, 0.15) is 13.3 Å². The maximum Gasteiger partial charge on any atom is 0.244 e. The van der Waals surface area contributed by atoms with E-state index in [4.69, 9.17) is 0 Å². The third-order valence-electron chi connectivity index (χ3n) is 1.75. The van der Waals surface area contributed by atoms with Crippen LogP contribution in [0.5, 0.6) is 0 Å². The van der Waals surface area contributed by atoms with Crippen molar-refractivity contribution in [3.05, 3.63) is 37.1 Å². The first-order chi connectivity index (χ1) is 7.76. The molecule has 0 fully saturated rings.